The monoisotopic (exact) mass is 984 g/mol. The molecule has 0 unspecified atom stereocenters. The molecule has 16 rings (SSSR count). The Morgan fingerprint density at radius 2 is 0.671 bits per heavy atom. The van der Waals surface area contributed by atoms with E-state index in [4.69, 9.17) is 4.42 Å². The first-order valence-electron chi connectivity index (χ1n) is 26.0. The number of furan rings is 1. The molecule has 4 aromatic heterocycles. The predicted molar refractivity (Wildman–Crippen MR) is 322 cm³/mol. The first kappa shape index (κ1) is 42.7. The average Bonchev–Trinajstić information content (AvgIpc) is 4.42. The molecule has 0 aliphatic heterocycles. The van der Waals surface area contributed by atoms with E-state index in [9.17, 15) is 0 Å². The van der Waals surface area contributed by atoms with Crippen molar-refractivity contribution in [1.29, 1.82) is 0 Å². The van der Waals surface area contributed by atoms with Gasteiger partial charge in [0.25, 0.3) is 0 Å². The number of nitrogens with zero attached hydrogens (tertiary/aromatic N) is 2. The lowest BCUT2D eigenvalue weighted by molar-refractivity contribution is 0.669. The highest BCUT2D eigenvalue weighted by molar-refractivity contribution is 7.25. The summed E-state index contributed by atoms with van der Waals surface area (Å²) in [5, 5.41) is 9.57. The van der Waals surface area contributed by atoms with Crippen LogP contribution in [0.3, 0.4) is 0 Å². The summed E-state index contributed by atoms with van der Waals surface area (Å²) < 4.78 is 14.0. The molecule has 0 saturated heterocycles. The quantitative estimate of drug-likeness (QED) is 0.156. The minimum absolute atomic E-state index is 0.877. The van der Waals surface area contributed by atoms with Crippen molar-refractivity contribution in [2.24, 2.45) is 0 Å². The summed E-state index contributed by atoms with van der Waals surface area (Å²) >= 11 is 1.86. The zero-order valence-electron chi connectivity index (χ0n) is 41.1. The summed E-state index contributed by atoms with van der Waals surface area (Å²) in [6.07, 6.45) is 0. The lowest BCUT2D eigenvalue weighted by Gasteiger charge is -2.18. The van der Waals surface area contributed by atoms with Crippen LogP contribution in [0.15, 0.2) is 271 Å². The first-order chi connectivity index (χ1) is 37.7. The SMILES string of the molecule is c1ccc(-c2ccc3c(c2)c2cc(-c4ccccc4)c(-c4cc5c(cc4-c4ccccc4)c4cc(-c6ccccc6)ccc4n5-c4ccc5sc6ccccc6c5c4)cc2n3-c2ccc3oc4ccccc4c3c2)cc1. The summed E-state index contributed by atoms with van der Waals surface area (Å²) in [6, 6.07) is 98.3. The fourth-order valence-corrected chi connectivity index (χ4v) is 13.3. The van der Waals surface area contributed by atoms with Crippen LogP contribution >= 0.6 is 11.3 Å². The Bertz CT molecular complexity index is 4650. The summed E-state index contributed by atoms with van der Waals surface area (Å²) in [7, 11) is 0. The molecule has 76 heavy (non-hydrogen) atoms. The molecule has 0 aliphatic carbocycles. The molecule has 3 nitrogen and oxygen atoms in total. The highest BCUT2D eigenvalue weighted by atomic mass is 32.1. The van der Waals surface area contributed by atoms with Crippen LogP contribution < -0.4 is 0 Å². The van der Waals surface area contributed by atoms with Gasteiger partial charge in [0.15, 0.2) is 0 Å². The normalized spacial score (nSPS) is 11.9. The van der Waals surface area contributed by atoms with Gasteiger partial charge < -0.3 is 13.6 Å². The summed E-state index contributed by atoms with van der Waals surface area (Å²) in [4.78, 5) is 0. The second-order valence-corrected chi connectivity index (χ2v) is 21.1. The zero-order valence-corrected chi connectivity index (χ0v) is 41.9. The van der Waals surface area contributed by atoms with Crippen molar-refractivity contribution < 1.29 is 4.42 Å². The molecule has 16 aromatic rings. The highest BCUT2D eigenvalue weighted by Gasteiger charge is 2.24. The molecule has 0 fully saturated rings. The number of para-hydroxylation sites is 1. The van der Waals surface area contributed by atoms with Crippen molar-refractivity contribution in [3.8, 4) is 67.0 Å². The number of benzene rings is 12. The fraction of sp³-hybridized carbons (Fsp3) is 0. The van der Waals surface area contributed by atoms with Gasteiger partial charge in [-0.1, -0.05) is 170 Å². The molecule has 0 bridgehead atoms. The largest absolute Gasteiger partial charge is 0.456 e. The van der Waals surface area contributed by atoms with Gasteiger partial charge in [-0.3, -0.25) is 0 Å². The van der Waals surface area contributed by atoms with Gasteiger partial charge in [-0.2, -0.15) is 0 Å². The molecule has 354 valence electrons. The minimum atomic E-state index is 0.877. The van der Waals surface area contributed by atoms with Crippen molar-refractivity contribution in [3.63, 3.8) is 0 Å². The summed E-state index contributed by atoms with van der Waals surface area (Å²) in [6.45, 7) is 0. The van der Waals surface area contributed by atoms with Crippen LogP contribution in [0.5, 0.6) is 0 Å². The number of thiophene rings is 1. The molecule has 0 N–H and O–H groups in total. The molecule has 0 atom stereocenters. The van der Waals surface area contributed by atoms with E-state index in [1.54, 1.807) is 0 Å². The topological polar surface area (TPSA) is 23.0 Å². The smallest absolute Gasteiger partial charge is 0.135 e. The van der Waals surface area contributed by atoms with Crippen molar-refractivity contribution in [2.45, 2.75) is 0 Å². The average molecular weight is 985 g/mol. The maximum Gasteiger partial charge on any atom is 0.135 e. The van der Waals surface area contributed by atoms with Gasteiger partial charge in [0, 0.05) is 63.9 Å². The molecule has 4 heteroatoms. The Balaban J connectivity index is 1.04. The number of hydrogen-bond donors (Lipinski definition) is 0. The van der Waals surface area contributed by atoms with Crippen LogP contribution in [0, 0.1) is 0 Å². The van der Waals surface area contributed by atoms with Crippen LogP contribution in [0.1, 0.15) is 0 Å². The van der Waals surface area contributed by atoms with Gasteiger partial charge in [0.1, 0.15) is 11.2 Å². The third kappa shape index (κ3) is 6.68. The first-order valence-corrected chi connectivity index (χ1v) is 26.8. The van der Waals surface area contributed by atoms with Crippen LogP contribution in [-0.4, -0.2) is 9.13 Å². The summed E-state index contributed by atoms with van der Waals surface area (Å²) in [5.41, 5.74) is 20.3. The maximum absolute atomic E-state index is 6.41. The molecular weight excluding hydrogens is 941 g/mol. The van der Waals surface area contributed by atoms with Gasteiger partial charge in [-0.05, 0) is 153 Å². The molecule has 4 heterocycles. The van der Waals surface area contributed by atoms with Crippen molar-refractivity contribution in [1.82, 2.24) is 9.13 Å². The highest BCUT2D eigenvalue weighted by Crippen LogP contribution is 2.48. The predicted octanol–water partition coefficient (Wildman–Crippen LogP) is 20.5. The van der Waals surface area contributed by atoms with E-state index in [0.29, 0.717) is 0 Å². The van der Waals surface area contributed by atoms with Gasteiger partial charge in [-0.25, -0.2) is 0 Å². The second kappa shape index (κ2) is 16.9. The molecule has 0 amide bonds. The third-order valence-corrected chi connectivity index (χ3v) is 16.9. The van der Waals surface area contributed by atoms with E-state index in [-0.39, 0.29) is 0 Å². The van der Waals surface area contributed by atoms with E-state index >= 15 is 0 Å². The van der Waals surface area contributed by atoms with Gasteiger partial charge >= 0.3 is 0 Å². The Hall–Kier alpha value is -9.74. The zero-order chi connectivity index (χ0) is 49.8. The molecule has 0 aliphatic rings. The van der Waals surface area contributed by atoms with Gasteiger partial charge in [-0.15, -0.1) is 11.3 Å². The van der Waals surface area contributed by atoms with Gasteiger partial charge in [0.2, 0.25) is 0 Å². The summed E-state index contributed by atoms with van der Waals surface area (Å²) in [5.74, 6) is 0. The van der Waals surface area contributed by atoms with E-state index in [1.165, 1.54) is 80.6 Å². The molecular formula is C72H44N2OS. The van der Waals surface area contributed by atoms with E-state index in [0.717, 1.165) is 72.1 Å². The lowest BCUT2D eigenvalue weighted by atomic mass is 9.87. The van der Waals surface area contributed by atoms with E-state index in [2.05, 4.69) is 270 Å². The molecule has 0 saturated carbocycles. The van der Waals surface area contributed by atoms with Crippen LogP contribution in [0.2, 0.25) is 0 Å². The van der Waals surface area contributed by atoms with Gasteiger partial charge in [0.05, 0.1) is 22.1 Å². The number of rotatable bonds is 7. The van der Waals surface area contributed by atoms with Crippen LogP contribution in [0.4, 0.5) is 0 Å². The van der Waals surface area contributed by atoms with Crippen molar-refractivity contribution >= 4 is 97.1 Å². The van der Waals surface area contributed by atoms with Crippen molar-refractivity contribution in [2.75, 3.05) is 0 Å². The van der Waals surface area contributed by atoms with Crippen molar-refractivity contribution in [3.05, 3.63) is 267 Å². The third-order valence-electron chi connectivity index (χ3n) is 15.7. The van der Waals surface area contributed by atoms with E-state index in [1.807, 2.05) is 17.4 Å². The molecule has 12 aromatic carbocycles. The standard InChI is InChI=1S/C72H44N2OS/c1-5-17-45(18-6-1)49-29-33-65-59(37-49)61-41-55(47-21-9-3-10-22-47)57(43-67(61)73(65)51-31-35-70-63(39-51)53-25-13-15-27-69(53)75-70)58-44-68-62(42-56(58)48-23-11-4-12-24-48)60-38-50(46-19-7-2-8-20-46)30-34-66(60)74(68)52-32-36-72-64(40-52)54-26-14-16-28-71(54)76-72/h1-44H. The lowest BCUT2D eigenvalue weighted by Crippen LogP contribution is -1.97. The van der Waals surface area contributed by atoms with Crippen LogP contribution in [-0.2, 0) is 0 Å². The number of aromatic nitrogens is 2. The van der Waals surface area contributed by atoms with E-state index < -0.39 is 0 Å². The Morgan fingerprint density at radius 1 is 0.237 bits per heavy atom. The number of hydrogen-bond acceptors (Lipinski definition) is 2. The fourth-order valence-electron chi connectivity index (χ4n) is 12.2. The Morgan fingerprint density at radius 3 is 1.24 bits per heavy atom. The second-order valence-electron chi connectivity index (χ2n) is 20.0. The Labute approximate surface area is 442 Å². The molecule has 0 spiro atoms. The maximum atomic E-state index is 6.41. The molecule has 0 radical (unpaired) electrons. The number of fused-ring (bicyclic) bond motifs is 12. The van der Waals surface area contributed by atoms with Crippen LogP contribution in [0.25, 0.3) is 153 Å². The Kier molecular flexibility index (Phi) is 9.51. The minimum Gasteiger partial charge on any atom is -0.456 e.